The molecule has 3 nitrogen and oxygen atoms in total. The number of aromatic nitrogens is 2. The Balaban J connectivity index is 2.38. The van der Waals surface area contributed by atoms with Crippen molar-refractivity contribution in [3.05, 3.63) is 16.5 Å². The van der Waals surface area contributed by atoms with Crippen LogP contribution in [0.15, 0.2) is 0 Å². The highest BCUT2D eigenvalue weighted by molar-refractivity contribution is 6.28. The fourth-order valence-electron chi connectivity index (χ4n) is 1.96. The Kier molecular flexibility index (Phi) is 3.10. The summed E-state index contributed by atoms with van der Waals surface area (Å²) < 4.78 is 0. The smallest absolute Gasteiger partial charge is 0.224 e. The first kappa shape index (κ1) is 10.7. The highest BCUT2D eigenvalue weighted by atomic mass is 35.5. The van der Waals surface area contributed by atoms with Crippen LogP contribution in [-0.2, 0) is 12.8 Å². The van der Waals surface area contributed by atoms with Crippen LogP contribution >= 0.6 is 11.6 Å². The van der Waals surface area contributed by atoms with Gasteiger partial charge in [0.2, 0.25) is 5.28 Å². The number of aryl methyl sites for hydroxylation is 1. The van der Waals surface area contributed by atoms with Gasteiger partial charge in [-0.05, 0) is 51.1 Å². The van der Waals surface area contributed by atoms with E-state index in [9.17, 15) is 0 Å². The molecule has 0 spiro atoms. The molecule has 0 aliphatic heterocycles. The van der Waals surface area contributed by atoms with E-state index >= 15 is 0 Å². The molecule has 1 N–H and O–H groups in total. The molecule has 0 radical (unpaired) electrons. The lowest BCUT2D eigenvalue weighted by Gasteiger charge is -2.20. The Morgan fingerprint density at radius 3 is 2.67 bits per heavy atom. The highest BCUT2D eigenvalue weighted by Gasteiger charge is 2.17. The predicted molar refractivity (Wildman–Crippen MR) is 62.4 cm³/mol. The Morgan fingerprint density at radius 1 is 1.20 bits per heavy atom. The summed E-state index contributed by atoms with van der Waals surface area (Å²) >= 11 is 5.90. The van der Waals surface area contributed by atoms with Crippen molar-refractivity contribution in [1.82, 2.24) is 9.97 Å². The van der Waals surface area contributed by atoms with Crippen LogP contribution in [0.25, 0.3) is 0 Å². The van der Waals surface area contributed by atoms with Gasteiger partial charge in [0.05, 0.1) is 5.69 Å². The quantitative estimate of drug-likeness (QED) is 0.787. The molecule has 82 valence electrons. The molecule has 0 saturated heterocycles. The highest BCUT2D eigenvalue weighted by Crippen LogP contribution is 2.26. The number of nitrogens with zero attached hydrogens (tertiary/aromatic N) is 2. The molecule has 0 unspecified atom stereocenters. The van der Waals surface area contributed by atoms with Crippen molar-refractivity contribution in [2.75, 3.05) is 5.32 Å². The zero-order chi connectivity index (χ0) is 10.8. The predicted octanol–water partition coefficient (Wildman–Crippen LogP) is 2.83. The van der Waals surface area contributed by atoms with E-state index in [1.807, 2.05) is 0 Å². The zero-order valence-electron chi connectivity index (χ0n) is 9.18. The minimum atomic E-state index is 0.360. The summed E-state index contributed by atoms with van der Waals surface area (Å²) in [5.74, 6) is 0.930. The van der Waals surface area contributed by atoms with Gasteiger partial charge in [0.1, 0.15) is 5.82 Å². The van der Waals surface area contributed by atoms with Gasteiger partial charge in [-0.3, -0.25) is 0 Å². The Hall–Kier alpha value is -0.830. The molecule has 1 aromatic heterocycles. The molecule has 0 bridgehead atoms. The molecule has 0 saturated carbocycles. The standard InChI is InChI=1S/C11H16ClN3/c1-7(2)13-10-8-5-3-4-6-9(8)14-11(12)15-10/h7H,3-6H2,1-2H3,(H,13,14,15). The fraction of sp³-hybridized carbons (Fsp3) is 0.636. The van der Waals surface area contributed by atoms with E-state index in [1.165, 1.54) is 18.4 Å². The van der Waals surface area contributed by atoms with Crippen LogP contribution in [0.1, 0.15) is 37.9 Å². The zero-order valence-corrected chi connectivity index (χ0v) is 9.93. The number of hydrogen-bond donors (Lipinski definition) is 1. The van der Waals surface area contributed by atoms with Crippen LogP contribution < -0.4 is 5.32 Å². The van der Waals surface area contributed by atoms with Crippen LogP contribution in [-0.4, -0.2) is 16.0 Å². The first-order valence-electron chi connectivity index (χ1n) is 5.48. The Bertz CT molecular complexity index is 363. The third-order valence-corrected chi connectivity index (χ3v) is 2.75. The van der Waals surface area contributed by atoms with Gasteiger partial charge in [0.15, 0.2) is 0 Å². The lowest BCUT2D eigenvalue weighted by atomic mass is 9.96. The Labute approximate surface area is 95.3 Å². The maximum absolute atomic E-state index is 5.90. The number of anilines is 1. The summed E-state index contributed by atoms with van der Waals surface area (Å²) in [5.41, 5.74) is 2.39. The monoisotopic (exact) mass is 225 g/mol. The number of hydrogen-bond acceptors (Lipinski definition) is 3. The molecule has 1 aromatic rings. The van der Waals surface area contributed by atoms with Gasteiger partial charge < -0.3 is 5.32 Å². The van der Waals surface area contributed by atoms with Crippen molar-refractivity contribution in [3.8, 4) is 0 Å². The summed E-state index contributed by atoms with van der Waals surface area (Å²) in [6.07, 6.45) is 4.54. The molecule has 0 amide bonds. The maximum atomic E-state index is 5.90. The van der Waals surface area contributed by atoms with E-state index in [2.05, 4.69) is 29.1 Å². The van der Waals surface area contributed by atoms with Gasteiger partial charge in [-0.25, -0.2) is 9.97 Å². The first-order chi connectivity index (χ1) is 7.16. The number of halogens is 1. The molecule has 1 aliphatic carbocycles. The number of nitrogens with one attached hydrogen (secondary N) is 1. The van der Waals surface area contributed by atoms with Crippen molar-refractivity contribution < 1.29 is 0 Å². The van der Waals surface area contributed by atoms with E-state index < -0.39 is 0 Å². The van der Waals surface area contributed by atoms with Crippen molar-refractivity contribution in [3.63, 3.8) is 0 Å². The number of fused-ring (bicyclic) bond motifs is 1. The van der Waals surface area contributed by atoms with Crippen molar-refractivity contribution >= 4 is 17.4 Å². The second-order valence-electron chi connectivity index (χ2n) is 4.27. The summed E-state index contributed by atoms with van der Waals surface area (Å²) in [5, 5.41) is 3.70. The minimum absolute atomic E-state index is 0.360. The SMILES string of the molecule is CC(C)Nc1nc(Cl)nc2c1CCCC2. The Morgan fingerprint density at radius 2 is 1.93 bits per heavy atom. The largest absolute Gasteiger partial charge is 0.368 e. The van der Waals surface area contributed by atoms with Gasteiger partial charge in [-0.15, -0.1) is 0 Å². The molecular weight excluding hydrogens is 210 g/mol. The van der Waals surface area contributed by atoms with Crippen LogP contribution in [0, 0.1) is 0 Å². The lowest BCUT2D eigenvalue weighted by molar-refractivity contribution is 0.662. The third kappa shape index (κ3) is 2.40. The van der Waals surface area contributed by atoms with Gasteiger partial charge in [0.25, 0.3) is 0 Å². The van der Waals surface area contributed by atoms with Crippen molar-refractivity contribution in [1.29, 1.82) is 0 Å². The van der Waals surface area contributed by atoms with Gasteiger partial charge in [-0.2, -0.15) is 0 Å². The molecule has 0 aromatic carbocycles. The molecule has 1 heterocycles. The second kappa shape index (κ2) is 4.35. The minimum Gasteiger partial charge on any atom is -0.368 e. The fourth-order valence-corrected chi connectivity index (χ4v) is 2.14. The average molecular weight is 226 g/mol. The molecule has 1 aliphatic rings. The molecule has 4 heteroatoms. The summed E-state index contributed by atoms with van der Waals surface area (Å²) in [6.45, 7) is 4.20. The summed E-state index contributed by atoms with van der Waals surface area (Å²) in [4.78, 5) is 8.57. The maximum Gasteiger partial charge on any atom is 0.224 e. The normalized spacial score (nSPS) is 15.2. The van der Waals surface area contributed by atoms with Crippen LogP contribution in [0.2, 0.25) is 5.28 Å². The first-order valence-corrected chi connectivity index (χ1v) is 5.86. The topological polar surface area (TPSA) is 37.8 Å². The van der Waals surface area contributed by atoms with E-state index in [4.69, 9.17) is 11.6 Å². The molecule has 15 heavy (non-hydrogen) atoms. The van der Waals surface area contributed by atoms with E-state index in [0.717, 1.165) is 24.4 Å². The van der Waals surface area contributed by atoms with Gasteiger partial charge in [0, 0.05) is 11.6 Å². The molecule has 2 rings (SSSR count). The summed E-state index contributed by atoms with van der Waals surface area (Å²) in [7, 11) is 0. The van der Waals surface area contributed by atoms with E-state index in [0.29, 0.717) is 11.3 Å². The molecular formula is C11H16ClN3. The van der Waals surface area contributed by atoms with E-state index in [-0.39, 0.29) is 0 Å². The van der Waals surface area contributed by atoms with Crippen LogP contribution in [0.3, 0.4) is 0 Å². The van der Waals surface area contributed by atoms with Crippen LogP contribution in [0.4, 0.5) is 5.82 Å². The average Bonchev–Trinajstić information content (AvgIpc) is 2.16. The van der Waals surface area contributed by atoms with Crippen molar-refractivity contribution in [2.45, 2.75) is 45.6 Å². The summed E-state index contributed by atoms with van der Waals surface area (Å²) in [6, 6.07) is 0.377. The number of rotatable bonds is 2. The van der Waals surface area contributed by atoms with Gasteiger partial charge >= 0.3 is 0 Å². The van der Waals surface area contributed by atoms with E-state index in [1.54, 1.807) is 0 Å². The van der Waals surface area contributed by atoms with Gasteiger partial charge in [-0.1, -0.05) is 0 Å². The molecule has 0 atom stereocenters. The second-order valence-corrected chi connectivity index (χ2v) is 4.61. The van der Waals surface area contributed by atoms with Crippen molar-refractivity contribution in [2.24, 2.45) is 0 Å². The third-order valence-electron chi connectivity index (χ3n) is 2.58. The molecule has 0 fully saturated rings. The van der Waals surface area contributed by atoms with Crippen LogP contribution in [0.5, 0.6) is 0 Å². The lowest BCUT2D eigenvalue weighted by Crippen LogP contribution is -2.17.